The van der Waals surface area contributed by atoms with Crippen molar-refractivity contribution in [1.29, 1.82) is 0 Å². The van der Waals surface area contributed by atoms with E-state index in [2.05, 4.69) is 68.4 Å². The topological polar surface area (TPSA) is 48.9 Å². The number of guanidine groups is 1. The van der Waals surface area contributed by atoms with Crippen LogP contribution in [-0.2, 0) is 11.2 Å². The predicted octanol–water partition coefficient (Wildman–Crippen LogP) is 3.93. The molecule has 2 fully saturated rings. The van der Waals surface area contributed by atoms with Crippen molar-refractivity contribution in [3.8, 4) is 0 Å². The second-order valence-electron chi connectivity index (χ2n) is 8.15. The molecule has 2 aliphatic rings. The lowest BCUT2D eigenvalue weighted by Crippen LogP contribution is -2.47. The van der Waals surface area contributed by atoms with E-state index >= 15 is 0 Å². The van der Waals surface area contributed by atoms with Crippen molar-refractivity contribution >= 4 is 41.3 Å². The van der Waals surface area contributed by atoms with Gasteiger partial charge in [-0.1, -0.05) is 36.4 Å². The number of rotatable bonds is 8. The largest absolute Gasteiger partial charge is 0.379 e. The van der Waals surface area contributed by atoms with Gasteiger partial charge in [0.05, 0.1) is 19.3 Å². The van der Waals surface area contributed by atoms with E-state index < -0.39 is 0 Å². The molecule has 2 heterocycles. The highest BCUT2D eigenvalue weighted by molar-refractivity contribution is 14.0. The Kier molecular flexibility index (Phi) is 8.98. The molecule has 2 aromatic rings. The summed E-state index contributed by atoms with van der Waals surface area (Å²) in [5, 5.41) is 9.34. The Bertz CT molecular complexity index is 774. The third kappa shape index (κ3) is 6.42. The van der Waals surface area contributed by atoms with E-state index in [1.54, 1.807) is 0 Å². The number of benzene rings is 1. The van der Waals surface area contributed by atoms with Crippen LogP contribution < -0.4 is 10.6 Å². The van der Waals surface area contributed by atoms with Gasteiger partial charge in [0.25, 0.3) is 0 Å². The lowest BCUT2D eigenvalue weighted by Gasteiger charge is -2.34. The molecular weight excluding hydrogens is 507 g/mol. The highest BCUT2D eigenvalue weighted by atomic mass is 127. The van der Waals surface area contributed by atoms with Crippen LogP contribution in [0.5, 0.6) is 0 Å². The molecule has 1 unspecified atom stereocenters. The van der Waals surface area contributed by atoms with Gasteiger partial charge in [0.1, 0.15) is 0 Å². The fraction of sp³-hybridized carbons (Fsp3) is 0.522. The van der Waals surface area contributed by atoms with E-state index in [0.29, 0.717) is 11.5 Å². The SMILES string of the molecule is CN=C(NCC(c1cccs1)N1CCOCC1)NCC1(Cc2ccccc2)CC1.I. The summed E-state index contributed by atoms with van der Waals surface area (Å²) in [6.45, 7) is 5.43. The Morgan fingerprint density at radius 2 is 1.90 bits per heavy atom. The lowest BCUT2D eigenvalue weighted by atomic mass is 9.96. The van der Waals surface area contributed by atoms with Crippen LogP contribution in [0.4, 0.5) is 0 Å². The summed E-state index contributed by atoms with van der Waals surface area (Å²) >= 11 is 1.83. The Morgan fingerprint density at radius 1 is 1.13 bits per heavy atom. The number of hydrogen-bond donors (Lipinski definition) is 2. The molecule has 1 saturated carbocycles. The molecule has 1 aliphatic heterocycles. The van der Waals surface area contributed by atoms with Gasteiger partial charge < -0.3 is 15.4 Å². The highest BCUT2D eigenvalue weighted by Crippen LogP contribution is 2.47. The molecule has 0 amide bonds. The van der Waals surface area contributed by atoms with Crippen molar-refractivity contribution in [1.82, 2.24) is 15.5 Å². The normalized spacial score (nSPS) is 19.6. The first-order valence-electron chi connectivity index (χ1n) is 10.6. The number of hydrogen-bond acceptors (Lipinski definition) is 4. The number of ether oxygens (including phenoxy) is 1. The van der Waals surface area contributed by atoms with Crippen LogP contribution in [0.3, 0.4) is 0 Å². The van der Waals surface area contributed by atoms with Gasteiger partial charge in [-0.15, -0.1) is 35.3 Å². The van der Waals surface area contributed by atoms with Crippen molar-refractivity contribution in [2.45, 2.75) is 25.3 Å². The maximum absolute atomic E-state index is 5.55. The molecule has 0 radical (unpaired) electrons. The molecule has 0 spiro atoms. The molecule has 1 saturated heterocycles. The molecule has 5 nitrogen and oxygen atoms in total. The van der Waals surface area contributed by atoms with E-state index in [1.165, 1.54) is 23.3 Å². The molecule has 1 aliphatic carbocycles. The maximum Gasteiger partial charge on any atom is 0.191 e. The van der Waals surface area contributed by atoms with E-state index in [1.807, 2.05) is 18.4 Å². The highest BCUT2D eigenvalue weighted by Gasteiger charge is 2.42. The number of morpholine rings is 1. The zero-order valence-corrected chi connectivity index (χ0v) is 20.8. The fourth-order valence-corrected chi connectivity index (χ4v) is 4.95. The summed E-state index contributed by atoms with van der Waals surface area (Å²) in [7, 11) is 1.86. The van der Waals surface area contributed by atoms with Crippen molar-refractivity contribution < 1.29 is 4.74 Å². The third-order valence-corrected chi connectivity index (χ3v) is 7.03. The summed E-state index contributed by atoms with van der Waals surface area (Å²) in [5.74, 6) is 0.902. The Balaban J connectivity index is 0.00000256. The number of aliphatic imine (C=N–C) groups is 1. The van der Waals surface area contributed by atoms with Gasteiger partial charge in [-0.05, 0) is 41.7 Å². The zero-order valence-electron chi connectivity index (χ0n) is 17.7. The van der Waals surface area contributed by atoms with Crippen LogP contribution >= 0.6 is 35.3 Å². The molecule has 2 N–H and O–H groups in total. The molecule has 30 heavy (non-hydrogen) atoms. The first kappa shape index (κ1) is 23.5. The van der Waals surface area contributed by atoms with Crippen LogP contribution in [0.15, 0.2) is 52.8 Å². The Morgan fingerprint density at radius 3 is 2.53 bits per heavy atom. The van der Waals surface area contributed by atoms with Crippen LogP contribution in [0, 0.1) is 5.41 Å². The maximum atomic E-state index is 5.55. The van der Waals surface area contributed by atoms with Crippen LogP contribution in [-0.4, -0.2) is 57.3 Å². The number of nitrogens with zero attached hydrogens (tertiary/aromatic N) is 2. The van der Waals surface area contributed by atoms with E-state index in [0.717, 1.165) is 51.8 Å². The van der Waals surface area contributed by atoms with Gasteiger partial charge >= 0.3 is 0 Å². The van der Waals surface area contributed by atoms with Gasteiger partial charge in [-0.2, -0.15) is 0 Å². The molecular formula is C23H33IN4OS. The molecule has 0 bridgehead atoms. The summed E-state index contributed by atoms with van der Waals surface area (Å²) in [5.41, 5.74) is 1.82. The minimum atomic E-state index is 0. The van der Waals surface area contributed by atoms with Crippen LogP contribution in [0.1, 0.15) is 29.3 Å². The van der Waals surface area contributed by atoms with Gasteiger partial charge in [0, 0.05) is 38.1 Å². The molecule has 7 heteroatoms. The molecule has 1 aromatic carbocycles. The first-order chi connectivity index (χ1) is 14.3. The summed E-state index contributed by atoms with van der Waals surface area (Å²) in [6.07, 6.45) is 3.72. The Hall–Kier alpha value is -1.16. The minimum absolute atomic E-state index is 0. The molecule has 1 aromatic heterocycles. The van der Waals surface area contributed by atoms with Crippen LogP contribution in [0.25, 0.3) is 0 Å². The zero-order chi connectivity index (χ0) is 19.9. The first-order valence-corrected chi connectivity index (χ1v) is 11.5. The number of halogens is 1. The number of thiophene rings is 1. The standard InChI is InChI=1S/C23H32N4OS.HI/c1-24-22(26-18-23(9-10-23)16-19-6-3-2-4-7-19)25-17-20(21-8-5-15-29-21)27-11-13-28-14-12-27;/h2-8,15,20H,9-14,16-18H2,1H3,(H2,24,25,26);1H. The second-order valence-corrected chi connectivity index (χ2v) is 9.13. The smallest absolute Gasteiger partial charge is 0.191 e. The van der Waals surface area contributed by atoms with Gasteiger partial charge in [0.15, 0.2) is 5.96 Å². The minimum Gasteiger partial charge on any atom is -0.379 e. The van der Waals surface area contributed by atoms with E-state index in [4.69, 9.17) is 4.74 Å². The molecule has 1 atom stereocenters. The van der Waals surface area contributed by atoms with Gasteiger partial charge in [-0.3, -0.25) is 9.89 Å². The quantitative estimate of drug-likeness (QED) is 0.303. The van der Waals surface area contributed by atoms with Crippen molar-refractivity contribution in [3.63, 3.8) is 0 Å². The lowest BCUT2D eigenvalue weighted by molar-refractivity contribution is 0.0177. The van der Waals surface area contributed by atoms with Crippen molar-refractivity contribution in [2.24, 2.45) is 10.4 Å². The predicted molar refractivity (Wildman–Crippen MR) is 136 cm³/mol. The van der Waals surface area contributed by atoms with Crippen molar-refractivity contribution in [2.75, 3.05) is 46.4 Å². The van der Waals surface area contributed by atoms with E-state index in [9.17, 15) is 0 Å². The Labute approximate surface area is 201 Å². The van der Waals surface area contributed by atoms with Crippen molar-refractivity contribution in [3.05, 3.63) is 58.3 Å². The van der Waals surface area contributed by atoms with Crippen LogP contribution in [0.2, 0.25) is 0 Å². The summed E-state index contributed by atoms with van der Waals surface area (Å²) in [6, 6.07) is 15.6. The average molecular weight is 541 g/mol. The molecule has 164 valence electrons. The third-order valence-electron chi connectivity index (χ3n) is 6.05. The van der Waals surface area contributed by atoms with Gasteiger partial charge in [0.2, 0.25) is 0 Å². The number of nitrogens with one attached hydrogen (secondary N) is 2. The average Bonchev–Trinajstić information content (AvgIpc) is 3.31. The fourth-order valence-electron chi connectivity index (χ4n) is 4.09. The van der Waals surface area contributed by atoms with Gasteiger partial charge in [-0.25, -0.2) is 0 Å². The summed E-state index contributed by atoms with van der Waals surface area (Å²) in [4.78, 5) is 8.40. The molecule has 4 rings (SSSR count). The monoisotopic (exact) mass is 540 g/mol. The van der Waals surface area contributed by atoms with E-state index in [-0.39, 0.29) is 24.0 Å². The second kappa shape index (κ2) is 11.5. The summed E-state index contributed by atoms with van der Waals surface area (Å²) < 4.78 is 5.55.